The van der Waals surface area contributed by atoms with Crippen molar-refractivity contribution >= 4 is 20.1 Å². The molecule has 0 heterocycles. The van der Waals surface area contributed by atoms with Gasteiger partial charge in [-0.3, -0.25) is 4.79 Å². The summed E-state index contributed by atoms with van der Waals surface area (Å²) in [6.07, 6.45) is -7.00. The van der Waals surface area contributed by atoms with E-state index in [1.165, 1.54) is 24.3 Å². The van der Waals surface area contributed by atoms with Gasteiger partial charge >= 0.3 is 0 Å². The van der Waals surface area contributed by atoms with Crippen molar-refractivity contribution in [3.8, 4) is 0 Å². The Balaban J connectivity index is 1.59. The summed E-state index contributed by atoms with van der Waals surface area (Å²) in [6, 6.07) is 57.2. The summed E-state index contributed by atoms with van der Waals surface area (Å²) in [6.45, 7) is 0. The maximum Gasteiger partial charge on any atom is 0.200 e. The van der Waals surface area contributed by atoms with Gasteiger partial charge in [-0.1, -0.05) is 212 Å². The summed E-state index contributed by atoms with van der Waals surface area (Å²) in [5.41, 5.74) is -9.06. The fourth-order valence-electron chi connectivity index (χ4n) is 10.4. The molecule has 0 unspecified atom stereocenters. The number of Topliss-reactive ketones (excluding diaryl/α,β-unsaturated/α-hetero) is 1. The molecule has 6 N–H and O–H groups in total. The maximum absolute atomic E-state index is 17.6. The number of aliphatic hydroxyl groups is 6. The number of hydrogen-bond donors (Lipinski definition) is 6. The van der Waals surface area contributed by atoms with Gasteiger partial charge in [0.1, 0.15) is 31.6 Å². The van der Waals surface area contributed by atoms with E-state index in [1.807, 2.05) is 0 Å². The molecule has 9 nitrogen and oxygen atoms in total. The summed E-state index contributed by atoms with van der Waals surface area (Å²) in [4.78, 5) is 15.6. The summed E-state index contributed by atoms with van der Waals surface area (Å²) in [5.74, 6) is -1.34. The molecular weight excluding hydrogens is 867 g/mol. The van der Waals surface area contributed by atoms with Gasteiger partial charge in [0.25, 0.3) is 0 Å². The zero-order valence-corrected chi connectivity index (χ0v) is 38.1. The highest BCUT2D eigenvalue weighted by atomic mass is 31.2. The third kappa shape index (κ3) is 7.88. The number of carbonyl (C=O) groups excluding carboxylic acids is 1. The van der Waals surface area contributed by atoms with E-state index in [1.54, 1.807) is 188 Å². The third-order valence-electron chi connectivity index (χ3n) is 13.4. The molecule has 7 aromatic carbocycles. The Hall–Kier alpha value is -5.57. The van der Waals surface area contributed by atoms with Crippen LogP contribution in [0.25, 0.3) is 0 Å². The number of carbonyl (C=O) groups is 1. The van der Waals surface area contributed by atoms with Crippen molar-refractivity contribution in [3.05, 3.63) is 251 Å². The maximum atomic E-state index is 17.6. The molecule has 6 atom stereocenters. The molecule has 8 rings (SSSR count). The van der Waals surface area contributed by atoms with Crippen LogP contribution < -0.4 is 0 Å². The Morgan fingerprint density at radius 3 is 1.00 bits per heavy atom. The zero-order chi connectivity index (χ0) is 46.7. The van der Waals surface area contributed by atoms with Gasteiger partial charge < -0.3 is 39.8 Å². The Bertz CT molecular complexity index is 2730. The van der Waals surface area contributed by atoms with Gasteiger partial charge in [0.05, 0.1) is 0 Å². The van der Waals surface area contributed by atoms with Crippen molar-refractivity contribution in [3.63, 3.8) is 0 Å². The van der Waals surface area contributed by atoms with Crippen molar-refractivity contribution < 1.29 is 44.6 Å². The topological polar surface area (TPSA) is 173 Å². The van der Waals surface area contributed by atoms with E-state index >= 15 is 19.0 Å². The van der Waals surface area contributed by atoms with Crippen LogP contribution in [0.1, 0.15) is 43.7 Å². The van der Waals surface area contributed by atoms with Crippen LogP contribution in [0, 0.1) is 0 Å². The first-order valence-electron chi connectivity index (χ1n) is 21.9. The molecule has 0 saturated heterocycles. The number of hydrogen-bond acceptors (Lipinski definition) is 9. The van der Waals surface area contributed by atoms with Crippen molar-refractivity contribution in [1.82, 2.24) is 0 Å². The minimum absolute atomic E-state index is 0.188. The van der Waals surface area contributed by atoms with E-state index in [2.05, 4.69) is 0 Å². The smallest absolute Gasteiger partial charge is 0.200 e. The lowest BCUT2D eigenvalue weighted by Gasteiger charge is -2.70. The quantitative estimate of drug-likeness (QED) is 0.0409. The fraction of sp³-hybridized carbons (Fsp3) is 0.218. The molecule has 1 fully saturated rings. The second kappa shape index (κ2) is 18.6. The summed E-state index contributed by atoms with van der Waals surface area (Å²) < 4.78 is 35.0. The first-order chi connectivity index (χ1) is 31.6. The van der Waals surface area contributed by atoms with Gasteiger partial charge in [-0.15, -0.1) is 0 Å². The Morgan fingerprint density at radius 2 is 0.667 bits per heavy atom. The average molecular weight is 921 g/mol. The Morgan fingerprint density at radius 1 is 0.394 bits per heavy atom. The summed E-state index contributed by atoms with van der Waals surface area (Å²) in [5, 5.41) is 78.3. The van der Waals surface area contributed by atoms with Gasteiger partial charge in [-0.25, -0.2) is 0 Å². The molecular formula is C55H54O9P2. The summed E-state index contributed by atoms with van der Waals surface area (Å²) in [7, 11) is -10.2. The predicted octanol–water partition coefficient (Wildman–Crippen LogP) is 8.83. The van der Waals surface area contributed by atoms with Crippen LogP contribution in [0.2, 0.25) is 0 Å². The van der Waals surface area contributed by atoms with E-state index < -0.39 is 91.1 Å². The van der Waals surface area contributed by atoms with Crippen LogP contribution in [0.3, 0.4) is 0 Å². The molecule has 7 aromatic rings. The molecule has 1 saturated carbocycles. The molecule has 1 aliphatic rings. The van der Waals surface area contributed by atoms with E-state index in [0.29, 0.717) is 22.3 Å². The molecule has 66 heavy (non-hydrogen) atoms. The Labute approximate surface area is 385 Å². The molecule has 0 aliphatic heterocycles. The molecule has 0 aromatic heterocycles. The second-order valence-electron chi connectivity index (χ2n) is 17.7. The average Bonchev–Trinajstić information content (AvgIpc) is 3.34. The van der Waals surface area contributed by atoms with Crippen LogP contribution in [0.15, 0.2) is 212 Å². The highest BCUT2D eigenvalue weighted by Crippen LogP contribution is 2.83. The van der Waals surface area contributed by atoms with Crippen LogP contribution in [0.4, 0.5) is 0 Å². The van der Waals surface area contributed by atoms with Crippen molar-refractivity contribution in [2.75, 3.05) is 0 Å². The van der Waals surface area contributed by atoms with Gasteiger partial charge in [0.15, 0.2) is 22.1 Å². The van der Waals surface area contributed by atoms with E-state index in [-0.39, 0.29) is 16.7 Å². The van der Waals surface area contributed by atoms with Crippen molar-refractivity contribution in [2.24, 2.45) is 0 Å². The number of benzene rings is 7. The second-order valence-corrected chi connectivity index (χ2v) is 23.8. The highest BCUT2D eigenvalue weighted by Gasteiger charge is 2.91. The number of ketones is 1. The van der Waals surface area contributed by atoms with Crippen LogP contribution in [-0.2, 0) is 46.6 Å². The lowest BCUT2D eigenvalue weighted by atomic mass is 9.55. The molecule has 0 amide bonds. The largest absolute Gasteiger partial charge is 0.386 e. The SMILES string of the molecule is O=C(c1ccccc1)[C@]1(O)[C@@H](O)[C@@](O)(Cc2ccccc2)[C@](O)(P(=O)(Cc2ccccc2)Cc2ccccc2)[C@@](O)(P(=O)(Cc2ccccc2)Cc2ccccc2)[C@@]1(O)Cc1ccccc1. The summed E-state index contributed by atoms with van der Waals surface area (Å²) >= 11 is 0. The Kier molecular flexibility index (Phi) is 13.2. The zero-order valence-electron chi connectivity index (χ0n) is 36.3. The lowest BCUT2D eigenvalue weighted by Crippen LogP contribution is -2.92. The highest BCUT2D eigenvalue weighted by molar-refractivity contribution is 7.68. The minimum Gasteiger partial charge on any atom is -0.386 e. The van der Waals surface area contributed by atoms with Gasteiger partial charge in [0, 0.05) is 43.1 Å². The van der Waals surface area contributed by atoms with E-state index in [0.717, 1.165) is 0 Å². The van der Waals surface area contributed by atoms with Gasteiger partial charge in [0.2, 0.25) is 0 Å². The molecule has 0 spiro atoms. The van der Waals surface area contributed by atoms with E-state index in [4.69, 9.17) is 0 Å². The first-order valence-corrected chi connectivity index (χ1v) is 26.1. The molecule has 0 radical (unpaired) electrons. The van der Waals surface area contributed by atoms with Crippen LogP contribution in [0.5, 0.6) is 0 Å². The molecule has 0 bridgehead atoms. The van der Waals surface area contributed by atoms with E-state index in [9.17, 15) is 25.5 Å². The minimum atomic E-state index is -5.16. The monoisotopic (exact) mass is 920 g/mol. The van der Waals surface area contributed by atoms with Gasteiger partial charge in [-0.2, -0.15) is 0 Å². The molecule has 1 aliphatic carbocycles. The molecule has 338 valence electrons. The normalized spacial score (nSPS) is 25.5. The lowest BCUT2D eigenvalue weighted by molar-refractivity contribution is -0.351. The number of aliphatic hydroxyl groups excluding tert-OH is 1. The van der Waals surface area contributed by atoms with Gasteiger partial charge in [-0.05, 0) is 33.4 Å². The van der Waals surface area contributed by atoms with Crippen molar-refractivity contribution in [2.45, 2.75) is 71.1 Å². The van der Waals surface area contributed by atoms with Crippen molar-refractivity contribution in [1.29, 1.82) is 0 Å². The standard InChI is InChI=1S/C55H54O9P2/c56-49(48-34-20-7-21-35-48)53(60)50(57)51(58,36-42-22-8-1-9-23-42)54(61,65(63,38-44-26-12-3-13-27-44)39-45-28-14-4-15-29-45)55(62,52(53,59)37-43-24-10-2-11-25-43)66(64,40-46-30-16-5-17-31-46)41-47-32-18-6-19-33-47/h1-35,50,57-62H,36-41H2/t50-,51-,52+,53-,54-,55-/m0/s1. The number of rotatable bonds is 16. The third-order valence-corrected chi connectivity index (χ3v) is 20.9. The van der Waals surface area contributed by atoms with Crippen LogP contribution >= 0.6 is 14.3 Å². The molecule has 11 heteroatoms. The first kappa shape index (κ1) is 46.9. The predicted molar refractivity (Wildman–Crippen MR) is 258 cm³/mol. The van der Waals surface area contributed by atoms with Crippen LogP contribution in [-0.4, -0.2) is 70.0 Å². The fourth-order valence-corrected chi connectivity index (χ4v) is 19.1.